The number of nitrogens with two attached hydrogens (primary N) is 1. The normalized spacial score (nSPS) is 13.0. The molecule has 0 saturated carbocycles. The van der Waals surface area contributed by atoms with Gasteiger partial charge in [0, 0.05) is 6.54 Å². The minimum Gasteiger partial charge on any atom is -0.330 e. The quantitative estimate of drug-likeness (QED) is 0.701. The maximum Gasteiger partial charge on any atom is 0.0216 e. The lowest BCUT2D eigenvalue weighted by Gasteiger charge is -2.08. The molecule has 3 heteroatoms. The van der Waals surface area contributed by atoms with E-state index in [1.54, 1.807) is 11.3 Å². The monoisotopic (exact) mass is 226 g/mol. The topological polar surface area (TPSA) is 38.0 Å². The molecule has 1 heterocycles. The summed E-state index contributed by atoms with van der Waals surface area (Å²) in [6.45, 7) is 7.29. The highest BCUT2D eigenvalue weighted by Gasteiger charge is 2.00. The summed E-state index contributed by atoms with van der Waals surface area (Å²) >= 11 is 1.78. The fourth-order valence-electron chi connectivity index (χ4n) is 1.48. The number of hydrogen-bond acceptors (Lipinski definition) is 3. The van der Waals surface area contributed by atoms with E-state index in [1.807, 2.05) is 0 Å². The highest BCUT2D eigenvalue weighted by Crippen LogP contribution is 2.13. The first-order valence-corrected chi connectivity index (χ1v) is 6.60. The molecule has 0 aromatic carbocycles. The Hall–Kier alpha value is -0.380. The first kappa shape index (κ1) is 12.7. The van der Waals surface area contributed by atoms with Crippen LogP contribution in [-0.2, 0) is 6.54 Å². The average Bonchev–Trinajstić information content (AvgIpc) is 2.63. The first-order valence-electron chi connectivity index (χ1n) is 5.66. The van der Waals surface area contributed by atoms with Crippen molar-refractivity contribution in [1.82, 2.24) is 5.32 Å². The zero-order valence-electron chi connectivity index (χ0n) is 9.75. The minimum absolute atomic E-state index is 0.662. The molecule has 0 aliphatic rings. The van der Waals surface area contributed by atoms with Gasteiger partial charge in [-0.25, -0.2) is 0 Å². The number of nitrogens with one attached hydrogen (secondary N) is 1. The molecular formula is C12H22N2S. The van der Waals surface area contributed by atoms with Crippen LogP contribution < -0.4 is 11.1 Å². The third kappa shape index (κ3) is 4.78. The molecule has 1 aromatic heterocycles. The van der Waals surface area contributed by atoms with Crippen molar-refractivity contribution >= 4 is 11.3 Å². The van der Waals surface area contributed by atoms with Gasteiger partial charge in [0.15, 0.2) is 0 Å². The van der Waals surface area contributed by atoms with Crippen molar-refractivity contribution in [2.45, 2.75) is 33.2 Å². The van der Waals surface area contributed by atoms with Crippen molar-refractivity contribution in [3.63, 3.8) is 0 Å². The molecule has 3 N–H and O–H groups in total. The Bertz CT molecular complexity index is 270. The smallest absolute Gasteiger partial charge is 0.0216 e. The molecule has 0 aliphatic heterocycles. The Morgan fingerprint density at radius 2 is 2.27 bits per heavy atom. The number of aryl methyl sites for hydroxylation is 1. The number of thiophene rings is 1. The van der Waals surface area contributed by atoms with E-state index in [2.05, 4.69) is 29.9 Å². The SMILES string of the molecule is Cc1cscc1CNCCCC(C)CN. The van der Waals surface area contributed by atoms with E-state index in [0.717, 1.165) is 19.6 Å². The van der Waals surface area contributed by atoms with Gasteiger partial charge in [-0.1, -0.05) is 6.92 Å². The molecule has 1 unspecified atom stereocenters. The predicted molar refractivity (Wildman–Crippen MR) is 68.2 cm³/mol. The van der Waals surface area contributed by atoms with Crippen molar-refractivity contribution in [3.8, 4) is 0 Å². The van der Waals surface area contributed by atoms with Crippen LogP contribution in [0.25, 0.3) is 0 Å². The fraction of sp³-hybridized carbons (Fsp3) is 0.667. The minimum atomic E-state index is 0.662. The Kier molecular flexibility index (Phi) is 5.91. The van der Waals surface area contributed by atoms with E-state index in [0.29, 0.717) is 5.92 Å². The van der Waals surface area contributed by atoms with Gasteiger partial charge in [0.1, 0.15) is 0 Å². The fourth-order valence-corrected chi connectivity index (χ4v) is 2.34. The molecule has 2 nitrogen and oxygen atoms in total. The van der Waals surface area contributed by atoms with Gasteiger partial charge in [-0.2, -0.15) is 11.3 Å². The van der Waals surface area contributed by atoms with Gasteiger partial charge >= 0.3 is 0 Å². The molecule has 0 fully saturated rings. The van der Waals surface area contributed by atoms with Crippen LogP contribution in [0.3, 0.4) is 0 Å². The molecular weight excluding hydrogens is 204 g/mol. The van der Waals surface area contributed by atoms with Crippen LogP contribution in [0.2, 0.25) is 0 Å². The third-order valence-electron chi connectivity index (χ3n) is 2.73. The number of hydrogen-bond donors (Lipinski definition) is 2. The zero-order chi connectivity index (χ0) is 11.1. The molecule has 1 rings (SSSR count). The van der Waals surface area contributed by atoms with Gasteiger partial charge in [0.2, 0.25) is 0 Å². The van der Waals surface area contributed by atoms with Crippen molar-refractivity contribution in [1.29, 1.82) is 0 Å². The van der Waals surface area contributed by atoms with Gasteiger partial charge < -0.3 is 11.1 Å². The average molecular weight is 226 g/mol. The molecule has 15 heavy (non-hydrogen) atoms. The van der Waals surface area contributed by atoms with Crippen LogP contribution in [-0.4, -0.2) is 13.1 Å². The van der Waals surface area contributed by atoms with Crippen molar-refractivity contribution in [2.24, 2.45) is 11.7 Å². The van der Waals surface area contributed by atoms with Crippen LogP contribution in [0, 0.1) is 12.8 Å². The Morgan fingerprint density at radius 1 is 1.47 bits per heavy atom. The Balaban J connectivity index is 2.05. The van der Waals surface area contributed by atoms with Crippen LogP contribution >= 0.6 is 11.3 Å². The van der Waals surface area contributed by atoms with Gasteiger partial charge in [-0.15, -0.1) is 0 Å². The summed E-state index contributed by atoms with van der Waals surface area (Å²) in [6.07, 6.45) is 2.45. The maximum absolute atomic E-state index is 5.56. The summed E-state index contributed by atoms with van der Waals surface area (Å²) in [5, 5.41) is 7.90. The van der Waals surface area contributed by atoms with Gasteiger partial charge in [-0.05, 0) is 60.7 Å². The van der Waals surface area contributed by atoms with Crippen molar-refractivity contribution < 1.29 is 0 Å². The Labute approximate surface area is 96.9 Å². The lowest BCUT2D eigenvalue weighted by atomic mass is 10.1. The van der Waals surface area contributed by atoms with Crippen LogP contribution in [0.5, 0.6) is 0 Å². The van der Waals surface area contributed by atoms with E-state index in [1.165, 1.54) is 24.0 Å². The summed E-state index contributed by atoms with van der Waals surface area (Å²) < 4.78 is 0. The highest BCUT2D eigenvalue weighted by molar-refractivity contribution is 7.08. The van der Waals surface area contributed by atoms with E-state index in [-0.39, 0.29) is 0 Å². The summed E-state index contributed by atoms with van der Waals surface area (Å²) in [6, 6.07) is 0. The molecule has 86 valence electrons. The van der Waals surface area contributed by atoms with Gasteiger partial charge in [-0.3, -0.25) is 0 Å². The molecule has 0 bridgehead atoms. The largest absolute Gasteiger partial charge is 0.330 e. The molecule has 0 aliphatic carbocycles. The summed E-state index contributed by atoms with van der Waals surface area (Å²) in [5.41, 5.74) is 8.41. The lowest BCUT2D eigenvalue weighted by molar-refractivity contribution is 0.501. The summed E-state index contributed by atoms with van der Waals surface area (Å²) in [4.78, 5) is 0. The summed E-state index contributed by atoms with van der Waals surface area (Å²) in [7, 11) is 0. The standard InChI is InChI=1S/C12H22N2S/c1-10(6-13)4-3-5-14-7-12-9-15-8-11(12)2/h8-10,14H,3-7,13H2,1-2H3. The van der Waals surface area contributed by atoms with Crippen molar-refractivity contribution in [2.75, 3.05) is 13.1 Å². The highest BCUT2D eigenvalue weighted by atomic mass is 32.1. The predicted octanol–water partition coefficient (Wildman–Crippen LogP) is 2.52. The van der Waals surface area contributed by atoms with Crippen LogP contribution in [0.15, 0.2) is 10.8 Å². The third-order valence-corrected chi connectivity index (χ3v) is 3.64. The summed E-state index contributed by atoms with van der Waals surface area (Å²) in [5.74, 6) is 0.662. The molecule has 1 atom stereocenters. The van der Waals surface area contributed by atoms with Gasteiger partial charge in [0.25, 0.3) is 0 Å². The molecule has 0 saturated heterocycles. The van der Waals surface area contributed by atoms with Gasteiger partial charge in [0.05, 0.1) is 0 Å². The van der Waals surface area contributed by atoms with E-state index < -0.39 is 0 Å². The maximum atomic E-state index is 5.56. The second-order valence-electron chi connectivity index (χ2n) is 4.24. The van der Waals surface area contributed by atoms with Crippen molar-refractivity contribution in [3.05, 3.63) is 21.9 Å². The van der Waals surface area contributed by atoms with E-state index >= 15 is 0 Å². The second kappa shape index (κ2) is 6.99. The molecule has 0 radical (unpaired) electrons. The lowest BCUT2D eigenvalue weighted by Crippen LogP contribution is -2.17. The van der Waals surface area contributed by atoms with E-state index in [9.17, 15) is 0 Å². The Morgan fingerprint density at radius 3 is 2.87 bits per heavy atom. The first-order chi connectivity index (χ1) is 7.24. The zero-order valence-corrected chi connectivity index (χ0v) is 10.6. The van der Waals surface area contributed by atoms with E-state index in [4.69, 9.17) is 5.73 Å². The number of rotatable bonds is 7. The molecule has 1 aromatic rings. The molecule has 0 amide bonds. The second-order valence-corrected chi connectivity index (χ2v) is 4.98. The van der Waals surface area contributed by atoms with Crippen LogP contribution in [0.1, 0.15) is 30.9 Å². The molecule has 0 spiro atoms. The van der Waals surface area contributed by atoms with Crippen LogP contribution in [0.4, 0.5) is 0 Å².